The Morgan fingerprint density at radius 2 is 1.82 bits per heavy atom. The molecule has 0 aromatic rings. The zero-order chi connectivity index (χ0) is 8.69. The van der Waals surface area contributed by atoms with Crippen molar-refractivity contribution in [3.63, 3.8) is 0 Å². The topological polar surface area (TPSA) is 78.4 Å². The van der Waals surface area contributed by atoms with Gasteiger partial charge in [0.15, 0.2) is 0 Å². The molecule has 0 heterocycles. The van der Waals surface area contributed by atoms with Crippen LogP contribution in [0.15, 0.2) is 0 Å². The highest BCUT2D eigenvalue weighted by molar-refractivity contribution is 5.82. The third-order valence-electron chi connectivity index (χ3n) is 1.08. The third-order valence-corrected chi connectivity index (χ3v) is 1.08. The van der Waals surface area contributed by atoms with Gasteiger partial charge in [0.2, 0.25) is 11.8 Å². The Kier molecular flexibility index (Phi) is 5.10. The van der Waals surface area contributed by atoms with Gasteiger partial charge in [0, 0.05) is 19.4 Å². The molecule has 0 aliphatic rings. The molecule has 0 rings (SSSR count). The normalized spacial score (nSPS) is 8.91. The summed E-state index contributed by atoms with van der Waals surface area (Å²) >= 11 is 0. The second kappa shape index (κ2) is 5.67. The molecule has 5 heteroatoms. The second-order valence-electron chi connectivity index (χ2n) is 1.99. The smallest absolute Gasteiger partial charge is 0.243 e. The molecule has 2 amide bonds. The number of nitrogens with one attached hydrogen (secondary N) is 2. The lowest BCUT2D eigenvalue weighted by atomic mass is 10.3. The molecule has 0 unspecified atom stereocenters. The molecule has 0 fully saturated rings. The van der Waals surface area contributed by atoms with E-state index in [4.69, 9.17) is 5.21 Å². The number of carbonyl (C=O) groups excluding carboxylic acids is 2. The van der Waals surface area contributed by atoms with Gasteiger partial charge < -0.3 is 5.32 Å². The maximum atomic E-state index is 10.7. The van der Waals surface area contributed by atoms with E-state index in [1.807, 2.05) is 0 Å². The molecule has 11 heavy (non-hydrogen) atoms. The summed E-state index contributed by atoms with van der Waals surface area (Å²) in [7, 11) is 0. The minimum absolute atomic E-state index is 0.0162. The van der Waals surface area contributed by atoms with E-state index < -0.39 is 5.91 Å². The van der Waals surface area contributed by atoms with E-state index in [0.717, 1.165) is 0 Å². The van der Waals surface area contributed by atoms with Crippen molar-refractivity contribution in [2.45, 2.75) is 19.8 Å². The Morgan fingerprint density at radius 3 is 2.27 bits per heavy atom. The number of amides is 2. The molecular formula is C6H12N2O3. The van der Waals surface area contributed by atoms with Gasteiger partial charge >= 0.3 is 0 Å². The first-order chi connectivity index (χ1) is 5.20. The van der Waals surface area contributed by atoms with Gasteiger partial charge in [-0.1, -0.05) is 0 Å². The fraction of sp³-hybridized carbons (Fsp3) is 0.667. The lowest BCUT2D eigenvalue weighted by molar-refractivity contribution is -0.131. The number of hydroxylamine groups is 1. The van der Waals surface area contributed by atoms with Crippen molar-refractivity contribution in [3.05, 3.63) is 0 Å². The predicted molar refractivity (Wildman–Crippen MR) is 37.8 cm³/mol. The maximum Gasteiger partial charge on any atom is 0.243 e. The fourth-order valence-electron chi connectivity index (χ4n) is 0.569. The third kappa shape index (κ3) is 5.35. The molecule has 0 saturated heterocycles. The van der Waals surface area contributed by atoms with Crippen LogP contribution in [0.1, 0.15) is 19.8 Å². The van der Waals surface area contributed by atoms with E-state index in [0.29, 0.717) is 6.54 Å². The summed E-state index contributed by atoms with van der Waals surface area (Å²) in [6, 6.07) is 0. The number of carbonyl (C=O) groups is 2. The fourth-order valence-corrected chi connectivity index (χ4v) is 0.569. The van der Waals surface area contributed by atoms with Crippen molar-refractivity contribution in [1.82, 2.24) is 10.8 Å². The lowest BCUT2D eigenvalue weighted by Crippen LogP contribution is -2.25. The number of rotatable bonds is 4. The van der Waals surface area contributed by atoms with Gasteiger partial charge in [0.05, 0.1) is 0 Å². The standard InChI is InChI=1S/C6H12N2O3/c1-2-7-5(9)3-4-6(10)8-11/h11H,2-4H2,1H3,(H,7,9)(H,8,10). The first kappa shape index (κ1) is 9.90. The van der Waals surface area contributed by atoms with Crippen LogP contribution in [0.5, 0.6) is 0 Å². The van der Waals surface area contributed by atoms with E-state index in [2.05, 4.69) is 5.32 Å². The van der Waals surface area contributed by atoms with E-state index in [-0.39, 0.29) is 18.7 Å². The van der Waals surface area contributed by atoms with E-state index in [1.165, 1.54) is 5.48 Å². The van der Waals surface area contributed by atoms with Crippen molar-refractivity contribution in [1.29, 1.82) is 0 Å². The zero-order valence-electron chi connectivity index (χ0n) is 6.39. The molecular weight excluding hydrogens is 148 g/mol. The lowest BCUT2D eigenvalue weighted by Gasteiger charge is -1.99. The van der Waals surface area contributed by atoms with Crippen LogP contribution in [0.25, 0.3) is 0 Å². The Bertz CT molecular complexity index is 147. The average Bonchev–Trinajstić information content (AvgIpc) is 2.01. The van der Waals surface area contributed by atoms with Crippen LogP contribution in [0.2, 0.25) is 0 Å². The largest absolute Gasteiger partial charge is 0.356 e. The Hall–Kier alpha value is -1.10. The van der Waals surface area contributed by atoms with Crippen molar-refractivity contribution < 1.29 is 14.8 Å². The summed E-state index contributed by atoms with van der Waals surface area (Å²) in [5.74, 6) is -0.729. The Balaban J connectivity index is 3.38. The van der Waals surface area contributed by atoms with Crippen LogP contribution in [0.4, 0.5) is 0 Å². The van der Waals surface area contributed by atoms with Crippen LogP contribution in [0, 0.1) is 0 Å². The van der Waals surface area contributed by atoms with Crippen molar-refractivity contribution in [2.75, 3.05) is 6.54 Å². The summed E-state index contributed by atoms with van der Waals surface area (Å²) in [5, 5.41) is 10.6. The monoisotopic (exact) mass is 160 g/mol. The predicted octanol–water partition coefficient (Wildman–Crippen LogP) is -0.592. The molecule has 0 radical (unpaired) electrons. The summed E-state index contributed by atoms with van der Waals surface area (Å²) < 4.78 is 0. The summed E-state index contributed by atoms with van der Waals surface area (Å²) in [6.07, 6.45) is 0.128. The Labute approximate surface area is 64.7 Å². The quantitative estimate of drug-likeness (QED) is 0.380. The van der Waals surface area contributed by atoms with Gasteiger partial charge in [-0.05, 0) is 6.92 Å². The molecule has 0 bridgehead atoms. The molecule has 0 aromatic heterocycles. The molecule has 0 aromatic carbocycles. The highest BCUT2D eigenvalue weighted by Crippen LogP contribution is 1.87. The molecule has 0 aliphatic heterocycles. The molecule has 5 nitrogen and oxygen atoms in total. The highest BCUT2D eigenvalue weighted by Gasteiger charge is 2.03. The molecule has 0 atom stereocenters. The van der Waals surface area contributed by atoms with E-state index in [9.17, 15) is 9.59 Å². The van der Waals surface area contributed by atoms with Crippen LogP contribution in [0.3, 0.4) is 0 Å². The average molecular weight is 160 g/mol. The maximum absolute atomic E-state index is 10.7. The van der Waals surface area contributed by atoms with Crippen LogP contribution >= 0.6 is 0 Å². The molecule has 0 saturated carbocycles. The van der Waals surface area contributed by atoms with Crippen molar-refractivity contribution in [2.24, 2.45) is 0 Å². The highest BCUT2D eigenvalue weighted by atomic mass is 16.5. The van der Waals surface area contributed by atoms with Gasteiger partial charge in [0.1, 0.15) is 0 Å². The molecule has 0 aliphatic carbocycles. The van der Waals surface area contributed by atoms with Crippen molar-refractivity contribution >= 4 is 11.8 Å². The summed E-state index contributed by atoms with van der Waals surface area (Å²) in [6.45, 7) is 2.35. The second-order valence-corrected chi connectivity index (χ2v) is 1.99. The SMILES string of the molecule is CCNC(=O)CCC(=O)NO. The van der Waals surface area contributed by atoms with Crippen LogP contribution in [-0.4, -0.2) is 23.6 Å². The van der Waals surface area contributed by atoms with Gasteiger partial charge in [-0.3, -0.25) is 14.8 Å². The van der Waals surface area contributed by atoms with Gasteiger partial charge in [-0.2, -0.15) is 0 Å². The van der Waals surface area contributed by atoms with Gasteiger partial charge in [0.25, 0.3) is 0 Å². The zero-order valence-corrected chi connectivity index (χ0v) is 6.39. The number of hydrogen-bond acceptors (Lipinski definition) is 3. The number of hydrogen-bond donors (Lipinski definition) is 3. The molecule has 0 spiro atoms. The van der Waals surface area contributed by atoms with Crippen LogP contribution < -0.4 is 10.8 Å². The minimum atomic E-state index is -0.545. The van der Waals surface area contributed by atoms with Crippen molar-refractivity contribution in [3.8, 4) is 0 Å². The van der Waals surface area contributed by atoms with Gasteiger partial charge in [-0.25, -0.2) is 5.48 Å². The van der Waals surface area contributed by atoms with E-state index >= 15 is 0 Å². The molecule has 64 valence electrons. The van der Waals surface area contributed by atoms with E-state index in [1.54, 1.807) is 6.92 Å². The minimum Gasteiger partial charge on any atom is -0.356 e. The summed E-state index contributed by atoms with van der Waals surface area (Å²) in [5.41, 5.74) is 1.44. The first-order valence-electron chi connectivity index (χ1n) is 3.40. The van der Waals surface area contributed by atoms with Crippen LogP contribution in [-0.2, 0) is 9.59 Å². The Morgan fingerprint density at radius 1 is 1.27 bits per heavy atom. The molecule has 3 N–H and O–H groups in total. The van der Waals surface area contributed by atoms with Gasteiger partial charge in [-0.15, -0.1) is 0 Å². The first-order valence-corrected chi connectivity index (χ1v) is 3.40. The summed E-state index contributed by atoms with van der Waals surface area (Å²) in [4.78, 5) is 21.1.